The largest absolute Gasteiger partial charge is 0.496 e. The number of methoxy groups -OCH3 is 1. The van der Waals surface area contributed by atoms with Crippen molar-refractivity contribution in [3.8, 4) is 11.8 Å². The van der Waals surface area contributed by atoms with Gasteiger partial charge < -0.3 is 4.74 Å². The van der Waals surface area contributed by atoms with E-state index in [9.17, 15) is 0 Å². The number of rotatable bonds is 6. The van der Waals surface area contributed by atoms with Gasteiger partial charge in [-0.25, -0.2) is 0 Å². The Morgan fingerprint density at radius 3 is 2.74 bits per heavy atom. The molecule has 0 amide bonds. The summed E-state index contributed by atoms with van der Waals surface area (Å²) in [5.74, 6) is 1.75. The van der Waals surface area contributed by atoms with Crippen LogP contribution >= 0.6 is 0 Å². The van der Waals surface area contributed by atoms with E-state index in [-0.39, 0.29) is 0 Å². The number of nitriles is 1. The Hall–Kier alpha value is -1.53. The summed E-state index contributed by atoms with van der Waals surface area (Å²) in [5, 5.41) is 9.01. The Morgan fingerprint density at radius 2 is 2.21 bits per heavy atom. The lowest BCUT2D eigenvalue weighted by Gasteiger charge is -2.32. The van der Waals surface area contributed by atoms with Crippen molar-refractivity contribution in [3.05, 3.63) is 29.3 Å². The zero-order valence-electron chi connectivity index (χ0n) is 11.9. The standard InChI is InChI=1S/C16H22N2O/c1-3-18(11-13-5-4-6-13)12-15-9-14(10-17)7-8-16(15)19-2/h7-9,13H,3-6,11-12H2,1-2H3. The first-order chi connectivity index (χ1) is 9.26. The normalized spacial score (nSPS) is 15.1. The topological polar surface area (TPSA) is 36.3 Å². The SMILES string of the molecule is CCN(Cc1cc(C#N)ccc1OC)CC1CCC1. The first-order valence-electron chi connectivity index (χ1n) is 7.06. The molecule has 3 nitrogen and oxygen atoms in total. The summed E-state index contributed by atoms with van der Waals surface area (Å²) in [6.45, 7) is 5.26. The van der Waals surface area contributed by atoms with Gasteiger partial charge in [0.05, 0.1) is 18.7 Å². The molecule has 3 heteroatoms. The fraction of sp³-hybridized carbons (Fsp3) is 0.562. The predicted octanol–water partition coefficient (Wildman–Crippen LogP) is 3.19. The highest BCUT2D eigenvalue weighted by molar-refractivity contribution is 5.42. The van der Waals surface area contributed by atoms with Gasteiger partial charge in [0.1, 0.15) is 5.75 Å². The number of hydrogen-bond acceptors (Lipinski definition) is 3. The van der Waals surface area contributed by atoms with Crippen molar-refractivity contribution in [1.82, 2.24) is 4.90 Å². The Bertz CT molecular complexity index is 460. The minimum atomic E-state index is 0.704. The quantitative estimate of drug-likeness (QED) is 0.786. The Kier molecular flexibility index (Phi) is 4.81. The van der Waals surface area contributed by atoms with E-state index in [0.29, 0.717) is 5.56 Å². The fourth-order valence-corrected chi connectivity index (χ4v) is 2.56. The van der Waals surface area contributed by atoms with Crippen molar-refractivity contribution in [1.29, 1.82) is 5.26 Å². The molecule has 0 atom stereocenters. The van der Waals surface area contributed by atoms with Gasteiger partial charge in [0.15, 0.2) is 0 Å². The molecule has 0 unspecified atom stereocenters. The molecule has 0 radical (unpaired) electrons. The lowest BCUT2D eigenvalue weighted by molar-refractivity contribution is 0.177. The van der Waals surface area contributed by atoms with Crippen LogP contribution in [0.1, 0.15) is 37.3 Å². The molecule has 1 aromatic carbocycles. The highest BCUT2D eigenvalue weighted by Crippen LogP contribution is 2.28. The minimum absolute atomic E-state index is 0.704. The van der Waals surface area contributed by atoms with E-state index >= 15 is 0 Å². The second-order valence-corrected chi connectivity index (χ2v) is 5.26. The Labute approximate surface area is 115 Å². The summed E-state index contributed by atoms with van der Waals surface area (Å²) >= 11 is 0. The van der Waals surface area contributed by atoms with E-state index in [0.717, 1.165) is 36.9 Å². The Morgan fingerprint density at radius 1 is 1.42 bits per heavy atom. The first kappa shape index (κ1) is 13.9. The van der Waals surface area contributed by atoms with Gasteiger partial charge >= 0.3 is 0 Å². The minimum Gasteiger partial charge on any atom is -0.496 e. The number of ether oxygens (including phenoxy) is 1. The summed E-state index contributed by atoms with van der Waals surface area (Å²) in [4.78, 5) is 2.45. The highest BCUT2D eigenvalue weighted by atomic mass is 16.5. The molecule has 1 fully saturated rings. The number of benzene rings is 1. The zero-order valence-corrected chi connectivity index (χ0v) is 11.9. The molecule has 2 rings (SSSR count). The van der Waals surface area contributed by atoms with E-state index in [1.54, 1.807) is 7.11 Å². The third-order valence-electron chi connectivity index (χ3n) is 3.99. The molecule has 0 aliphatic heterocycles. The fourth-order valence-electron chi connectivity index (χ4n) is 2.56. The highest BCUT2D eigenvalue weighted by Gasteiger charge is 2.20. The smallest absolute Gasteiger partial charge is 0.123 e. The molecule has 1 aliphatic rings. The third-order valence-corrected chi connectivity index (χ3v) is 3.99. The summed E-state index contributed by atoms with van der Waals surface area (Å²) in [6, 6.07) is 7.85. The summed E-state index contributed by atoms with van der Waals surface area (Å²) < 4.78 is 5.40. The van der Waals surface area contributed by atoms with Crippen LogP contribution in [0.15, 0.2) is 18.2 Å². The average molecular weight is 258 g/mol. The van der Waals surface area contributed by atoms with Crippen molar-refractivity contribution in [3.63, 3.8) is 0 Å². The van der Waals surface area contributed by atoms with E-state index < -0.39 is 0 Å². The van der Waals surface area contributed by atoms with Gasteiger partial charge in [0.2, 0.25) is 0 Å². The number of nitrogens with zero attached hydrogens (tertiary/aromatic N) is 2. The molecule has 0 spiro atoms. The molecule has 1 saturated carbocycles. The van der Waals surface area contributed by atoms with Crippen molar-refractivity contribution in [2.75, 3.05) is 20.2 Å². The summed E-state index contributed by atoms with van der Waals surface area (Å²) in [7, 11) is 1.69. The lowest BCUT2D eigenvalue weighted by atomic mass is 9.85. The maximum atomic E-state index is 9.01. The van der Waals surface area contributed by atoms with Crippen LogP contribution in [0.2, 0.25) is 0 Å². The van der Waals surface area contributed by atoms with Gasteiger partial charge in [0, 0.05) is 18.7 Å². The Balaban J connectivity index is 2.08. The monoisotopic (exact) mass is 258 g/mol. The maximum absolute atomic E-state index is 9.01. The van der Waals surface area contributed by atoms with Gasteiger partial charge in [-0.15, -0.1) is 0 Å². The molecular weight excluding hydrogens is 236 g/mol. The summed E-state index contributed by atoms with van der Waals surface area (Å²) in [5.41, 5.74) is 1.82. The van der Waals surface area contributed by atoms with Gasteiger partial charge in [0.25, 0.3) is 0 Å². The first-order valence-corrected chi connectivity index (χ1v) is 7.06. The van der Waals surface area contributed by atoms with Crippen LogP contribution in [-0.2, 0) is 6.54 Å². The van der Waals surface area contributed by atoms with E-state index in [4.69, 9.17) is 10.00 Å². The maximum Gasteiger partial charge on any atom is 0.123 e. The average Bonchev–Trinajstić information content (AvgIpc) is 2.41. The van der Waals surface area contributed by atoms with Crippen molar-refractivity contribution in [2.45, 2.75) is 32.7 Å². The molecule has 0 bridgehead atoms. The zero-order chi connectivity index (χ0) is 13.7. The van der Waals surface area contributed by atoms with Crippen molar-refractivity contribution < 1.29 is 4.74 Å². The van der Waals surface area contributed by atoms with Gasteiger partial charge in [-0.1, -0.05) is 13.3 Å². The van der Waals surface area contributed by atoms with E-state index in [1.165, 1.54) is 19.3 Å². The van der Waals surface area contributed by atoms with Crippen molar-refractivity contribution in [2.24, 2.45) is 5.92 Å². The summed E-state index contributed by atoms with van der Waals surface area (Å²) in [6.07, 6.45) is 4.12. The molecule has 0 N–H and O–H groups in total. The molecule has 19 heavy (non-hydrogen) atoms. The number of hydrogen-bond donors (Lipinski definition) is 0. The second kappa shape index (κ2) is 6.58. The molecule has 0 heterocycles. The molecule has 1 aliphatic carbocycles. The molecule has 102 valence electrons. The lowest BCUT2D eigenvalue weighted by Crippen LogP contribution is -2.32. The molecule has 0 aromatic heterocycles. The van der Waals surface area contributed by atoms with E-state index in [1.807, 2.05) is 18.2 Å². The van der Waals surface area contributed by atoms with Gasteiger partial charge in [-0.05, 0) is 43.5 Å². The van der Waals surface area contributed by atoms with Gasteiger partial charge in [-0.3, -0.25) is 4.90 Å². The molecule has 0 saturated heterocycles. The third kappa shape index (κ3) is 3.48. The van der Waals surface area contributed by atoms with Crippen LogP contribution in [0, 0.1) is 17.2 Å². The predicted molar refractivity (Wildman–Crippen MR) is 76.0 cm³/mol. The van der Waals surface area contributed by atoms with Crippen LogP contribution < -0.4 is 4.74 Å². The van der Waals surface area contributed by atoms with Crippen LogP contribution in [0.3, 0.4) is 0 Å². The van der Waals surface area contributed by atoms with Crippen molar-refractivity contribution >= 4 is 0 Å². The van der Waals surface area contributed by atoms with Crippen LogP contribution in [-0.4, -0.2) is 25.1 Å². The van der Waals surface area contributed by atoms with Crippen LogP contribution in [0.4, 0.5) is 0 Å². The van der Waals surface area contributed by atoms with Gasteiger partial charge in [-0.2, -0.15) is 5.26 Å². The van der Waals surface area contributed by atoms with E-state index in [2.05, 4.69) is 17.9 Å². The van der Waals surface area contributed by atoms with Crippen LogP contribution in [0.5, 0.6) is 5.75 Å². The molecule has 1 aromatic rings. The molecular formula is C16H22N2O. The second-order valence-electron chi connectivity index (χ2n) is 5.26. The van der Waals surface area contributed by atoms with Crippen LogP contribution in [0.25, 0.3) is 0 Å².